The molecule has 7 heteroatoms. The van der Waals surface area contributed by atoms with Gasteiger partial charge in [0.15, 0.2) is 0 Å². The van der Waals surface area contributed by atoms with E-state index in [1.807, 2.05) is 6.92 Å². The highest BCUT2D eigenvalue weighted by Crippen LogP contribution is 2.26. The monoisotopic (exact) mass is 372 g/mol. The average molecular weight is 373 g/mol. The molecule has 0 aromatic heterocycles. The molecule has 0 amide bonds. The molecule has 0 unspecified atom stereocenters. The van der Waals surface area contributed by atoms with Crippen LogP contribution in [0.1, 0.15) is 11.1 Å². The maximum Gasteiger partial charge on any atom is 0.238 e. The molecule has 2 rings (SSSR count). The Labute approximate surface area is 131 Å². The molecule has 0 aliphatic rings. The number of sulfonamides is 1. The molecule has 0 saturated carbocycles. The summed E-state index contributed by atoms with van der Waals surface area (Å²) in [5, 5.41) is 8.11. The zero-order valence-corrected chi connectivity index (χ0v) is 13.6. The van der Waals surface area contributed by atoms with Crippen molar-refractivity contribution < 1.29 is 12.8 Å². The maximum absolute atomic E-state index is 13.6. The first kappa shape index (κ1) is 15.9. The van der Waals surface area contributed by atoms with E-state index in [2.05, 4.69) is 21.2 Å². The first-order valence-electron chi connectivity index (χ1n) is 6.08. The van der Waals surface area contributed by atoms with E-state index in [4.69, 9.17) is 5.14 Å². The van der Waals surface area contributed by atoms with Crippen LogP contribution >= 0.6 is 15.9 Å². The molecule has 21 heavy (non-hydrogen) atoms. The second-order valence-corrected chi connectivity index (χ2v) is 7.05. The van der Waals surface area contributed by atoms with Crippen LogP contribution in [0, 0.1) is 12.7 Å². The SMILES string of the molecule is Cc1ccc(F)c(CNc2ccc(S(N)(=O)=O)cc2Br)c1. The van der Waals surface area contributed by atoms with Gasteiger partial charge in [-0.2, -0.15) is 0 Å². The summed E-state index contributed by atoms with van der Waals surface area (Å²) in [4.78, 5) is 0.0154. The number of anilines is 1. The van der Waals surface area contributed by atoms with Crippen molar-refractivity contribution in [3.63, 3.8) is 0 Å². The lowest BCUT2D eigenvalue weighted by Crippen LogP contribution is -2.12. The third kappa shape index (κ3) is 4.03. The molecule has 0 heterocycles. The molecule has 0 fully saturated rings. The number of nitrogens with one attached hydrogen (secondary N) is 1. The van der Waals surface area contributed by atoms with Gasteiger partial charge in [-0.05, 0) is 47.1 Å². The van der Waals surface area contributed by atoms with E-state index in [1.165, 1.54) is 18.2 Å². The van der Waals surface area contributed by atoms with Gasteiger partial charge in [0.05, 0.1) is 4.90 Å². The van der Waals surface area contributed by atoms with Crippen LogP contribution in [0.15, 0.2) is 45.8 Å². The van der Waals surface area contributed by atoms with E-state index in [0.717, 1.165) is 5.56 Å². The Morgan fingerprint density at radius 2 is 1.95 bits per heavy atom. The number of hydrogen-bond donors (Lipinski definition) is 2. The van der Waals surface area contributed by atoms with Crippen molar-refractivity contribution in [1.82, 2.24) is 0 Å². The van der Waals surface area contributed by atoms with Gasteiger partial charge in [-0.25, -0.2) is 17.9 Å². The number of aryl methyl sites for hydroxylation is 1. The predicted molar refractivity (Wildman–Crippen MR) is 84.0 cm³/mol. The fourth-order valence-electron chi connectivity index (χ4n) is 1.85. The van der Waals surface area contributed by atoms with Crippen molar-refractivity contribution in [1.29, 1.82) is 0 Å². The molecule has 0 saturated heterocycles. The van der Waals surface area contributed by atoms with Crippen molar-refractivity contribution in [3.05, 3.63) is 57.8 Å². The van der Waals surface area contributed by atoms with Gasteiger partial charge in [0.1, 0.15) is 5.82 Å². The second-order valence-electron chi connectivity index (χ2n) is 4.64. The molecule has 0 bridgehead atoms. The summed E-state index contributed by atoms with van der Waals surface area (Å²) in [5.41, 5.74) is 2.16. The Kier molecular flexibility index (Phi) is 4.65. The molecule has 0 aliphatic heterocycles. The van der Waals surface area contributed by atoms with Gasteiger partial charge in [-0.15, -0.1) is 0 Å². The van der Waals surface area contributed by atoms with E-state index in [9.17, 15) is 12.8 Å². The van der Waals surface area contributed by atoms with Gasteiger partial charge < -0.3 is 5.32 Å². The molecule has 112 valence electrons. The molecule has 0 aliphatic carbocycles. The lowest BCUT2D eigenvalue weighted by Gasteiger charge is -2.11. The second kappa shape index (κ2) is 6.13. The number of benzene rings is 2. The zero-order valence-electron chi connectivity index (χ0n) is 11.2. The largest absolute Gasteiger partial charge is 0.380 e. The average Bonchev–Trinajstić information content (AvgIpc) is 2.40. The first-order valence-corrected chi connectivity index (χ1v) is 8.42. The summed E-state index contributed by atoms with van der Waals surface area (Å²) in [7, 11) is -3.74. The van der Waals surface area contributed by atoms with Crippen LogP contribution in [0.2, 0.25) is 0 Å². The van der Waals surface area contributed by atoms with Crippen LogP contribution in [-0.2, 0) is 16.6 Å². The summed E-state index contributed by atoms with van der Waals surface area (Å²) in [5.74, 6) is -0.287. The van der Waals surface area contributed by atoms with Crippen LogP contribution < -0.4 is 10.5 Å². The third-order valence-electron chi connectivity index (χ3n) is 2.94. The number of nitrogens with two attached hydrogens (primary N) is 1. The zero-order chi connectivity index (χ0) is 15.6. The van der Waals surface area contributed by atoms with E-state index in [-0.39, 0.29) is 10.7 Å². The Morgan fingerprint density at radius 1 is 1.24 bits per heavy atom. The summed E-state index contributed by atoms with van der Waals surface area (Å²) in [6.07, 6.45) is 0. The molecule has 2 aromatic rings. The maximum atomic E-state index is 13.6. The van der Waals surface area contributed by atoms with Gasteiger partial charge >= 0.3 is 0 Å². The van der Waals surface area contributed by atoms with Crippen molar-refractivity contribution in [3.8, 4) is 0 Å². The fraction of sp³-hybridized carbons (Fsp3) is 0.143. The summed E-state index contributed by atoms with van der Waals surface area (Å²) in [6.45, 7) is 2.18. The summed E-state index contributed by atoms with van der Waals surface area (Å²) >= 11 is 3.27. The van der Waals surface area contributed by atoms with Gasteiger partial charge in [-0.3, -0.25) is 0 Å². The lowest BCUT2D eigenvalue weighted by molar-refractivity contribution is 0.598. The minimum Gasteiger partial charge on any atom is -0.380 e. The standard InChI is InChI=1S/C14H14BrFN2O2S/c1-9-2-4-13(16)10(6-9)8-18-14-5-3-11(7-12(14)15)21(17,19)20/h2-7,18H,8H2,1H3,(H2,17,19,20). The quantitative estimate of drug-likeness (QED) is 0.865. The van der Waals surface area contributed by atoms with Gasteiger partial charge in [-0.1, -0.05) is 17.7 Å². The highest BCUT2D eigenvalue weighted by molar-refractivity contribution is 9.10. The Morgan fingerprint density at radius 3 is 2.57 bits per heavy atom. The fourth-order valence-corrected chi connectivity index (χ4v) is 3.06. The first-order chi connectivity index (χ1) is 9.77. The van der Waals surface area contributed by atoms with Crippen LogP contribution in [0.25, 0.3) is 0 Å². The van der Waals surface area contributed by atoms with Crippen LogP contribution in [-0.4, -0.2) is 8.42 Å². The Hall–Kier alpha value is -1.44. The highest BCUT2D eigenvalue weighted by atomic mass is 79.9. The van der Waals surface area contributed by atoms with E-state index in [0.29, 0.717) is 22.3 Å². The van der Waals surface area contributed by atoms with Crippen molar-refractivity contribution >= 4 is 31.6 Å². The number of rotatable bonds is 4. The Balaban J connectivity index is 2.19. The van der Waals surface area contributed by atoms with Crippen molar-refractivity contribution in [2.45, 2.75) is 18.4 Å². The highest BCUT2D eigenvalue weighted by Gasteiger charge is 2.10. The van der Waals surface area contributed by atoms with Crippen molar-refractivity contribution in [2.24, 2.45) is 5.14 Å². The molecular formula is C14H14BrFN2O2S. The Bertz CT molecular complexity index is 779. The molecule has 4 nitrogen and oxygen atoms in total. The molecule has 3 N–H and O–H groups in total. The minimum atomic E-state index is -3.74. The topological polar surface area (TPSA) is 72.2 Å². The summed E-state index contributed by atoms with van der Waals surface area (Å²) < 4.78 is 36.7. The van der Waals surface area contributed by atoms with Gasteiger partial charge in [0, 0.05) is 22.3 Å². The summed E-state index contributed by atoms with van der Waals surface area (Å²) in [6, 6.07) is 9.27. The number of primary sulfonamides is 1. The van der Waals surface area contributed by atoms with Crippen LogP contribution in [0.3, 0.4) is 0 Å². The van der Waals surface area contributed by atoms with Gasteiger partial charge in [0.2, 0.25) is 10.0 Å². The normalized spacial score (nSPS) is 11.4. The molecule has 0 atom stereocenters. The van der Waals surface area contributed by atoms with E-state index in [1.54, 1.807) is 18.2 Å². The lowest BCUT2D eigenvalue weighted by atomic mass is 10.1. The predicted octanol–water partition coefficient (Wildman–Crippen LogP) is 3.16. The minimum absolute atomic E-state index is 0.0154. The number of halogens is 2. The van der Waals surface area contributed by atoms with E-state index >= 15 is 0 Å². The number of hydrogen-bond acceptors (Lipinski definition) is 3. The van der Waals surface area contributed by atoms with Crippen LogP contribution in [0.5, 0.6) is 0 Å². The molecule has 2 aromatic carbocycles. The molecule has 0 radical (unpaired) electrons. The third-order valence-corrected chi connectivity index (χ3v) is 4.51. The smallest absolute Gasteiger partial charge is 0.238 e. The van der Waals surface area contributed by atoms with E-state index < -0.39 is 10.0 Å². The van der Waals surface area contributed by atoms with Crippen molar-refractivity contribution in [2.75, 3.05) is 5.32 Å². The molecule has 0 spiro atoms. The van der Waals surface area contributed by atoms with Crippen LogP contribution in [0.4, 0.5) is 10.1 Å². The van der Waals surface area contributed by atoms with Gasteiger partial charge in [0.25, 0.3) is 0 Å². The molecular weight excluding hydrogens is 359 g/mol.